The molecule has 2 aromatic carbocycles. The molecule has 2 nitrogen and oxygen atoms in total. The molecule has 3 rings (SSSR count). The Labute approximate surface area is 145 Å². The van der Waals surface area contributed by atoms with Crippen molar-refractivity contribution >= 4 is 41.1 Å². The van der Waals surface area contributed by atoms with Crippen LogP contribution in [0.1, 0.15) is 11.1 Å². The highest BCUT2D eigenvalue weighted by Gasteiger charge is 2.21. The molecule has 0 radical (unpaired) electrons. The molecular formula is C19H14Cl2O2. The van der Waals surface area contributed by atoms with Crippen LogP contribution >= 0.6 is 23.2 Å². The van der Waals surface area contributed by atoms with Gasteiger partial charge in [-0.05, 0) is 47.5 Å². The number of ketones is 1. The van der Waals surface area contributed by atoms with E-state index in [4.69, 9.17) is 27.9 Å². The lowest BCUT2D eigenvalue weighted by Gasteiger charge is -2.17. The molecule has 116 valence electrons. The van der Waals surface area contributed by atoms with Crippen LogP contribution in [-0.4, -0.2) is 19.0 Å². The summed E-state index contributed by atoms with van der Waals surface area (Å²) in [6, 6.07) is 14.7. The van der Waals surface area contributed by atoms with Gasteiger partial charge in [-0.25, -0.2) is 0 Å². The third kappa shape index (κ3) is 4.11. The highest BCUT2D eigenvalue weighted by Crippen LogP contribution is 2.21. The normalized spacial score (nSPS) is 18.6. The van der Waals surface area contributed by atoms with Gasteiger partial charge in [0, 0.05) is 21.2 Å². The van der Waals surface area contributed by atoms with Crippen LogP contribution in [0.2, 0.25) is 10.0 Å². The van der Waals surface area contributed by atoms with Gasteiger partial charge in [0.1, 0.15) is 0 Å². The zero-order valence-corrected chi connectivity index (χ0v) is 13.8. The van der Waals surface area contributed by atoms with Crippen molar-refractivity contribution in [1.29, 1.82) is 0 Å². The van der Waals surface area contributed by atoms with Gasteiger partial charge in [0.05, 0.1) is 13.2 Å². The zero-order valence-electron chi connectivity index (χ0n) is 12.3. The second-order valence-corrected chi connectivity index (χ2v) is 6.14. The van der Waals surface area contributed by atoms with Crippen LogP contribution in [0.25, 0.3) is 12.2 Å². The first-order valence-electron chi connectivity index (χ1n) is 7.16. The molecule has 0 spiro atoms. The lowest BCUT2D eigenvalue weighted by atomic mass is 9.98. The second kappa shape index (κ2) is 7.14. The molecular weight excluding hydrogens is 331 g/mol. The number of benzene rings is 2. The molecule has 23 heavy (non-hydrogen) atoms. The van der Waals surface area contributed by atoms with E-state index in [1.165, 1.54) is 0 Å². The number of rotatable bonds is 2. The van der Waals surface area contributed by atoms with E-state index in [2.05, 4.69) is 0 Å². The van der Waals surface area contributed by atoms with Gasteiger partial charge in [-0.3, -0.25) is 4.79 Å². The summed E-state index contributed by atoms with van der Waals surface area (Å²) in [5, 5.41) is 1.34. The predicted molar refractivity (Wildman–Crippen MR) is 94.7 cm³/mol. The molecule has 0 unspecified atom stereocenters. The highest BCUT2D eigenvalue weighted by molar-refractivity contribution is 6.30. The molecule has 1 aliphatic rings. The Hall–Kier alpha value is -1.87. The van der Waals surface area contributed by atoms with Crippen molar-refractivity contribution in [2.24, 2.45) is 0 Å². The Kier molecular flexibility index (Phi) is 4.97. The van der Waals surface area contributed by atoms with E-state index in [1.54, 1.807) is 24.3 Å². The van der Waals surface area contributed by atoms with Gasteiger partial charge in [0.15, 0.2) is 5.78 Å². The lowest BCUT2D eigenvalue weighted by Crippen LogP contribution is -2.21. The zero-order chi connectivity index (χ0) is 16.2. The number of hydrogen-bond acceptors (Lipinski definition) is 2. The summed E-state index contributed by atoms with van der Waals surface area (Å²) >= 11 is 11.8. The van der Waals surface area contributed by atoms with Crippen LogP contribution in [0, 0.1) is 0 Å². The van der Waals surface area contributed by atoms with Gasteiger partial charge >= 0.3 is 0 Å². The van der Waals surface area contributed by atoms with Gasteiger partial charge in [0.2, 0.25) is 0 Å². The van der Waals surface area contributed by atoms with Crippen LogP contribution in [0.3, 0.4) is 0 Å². The third-order valence-corrected chi connectivity index (χ3v) is 4.02. The monoisotopic (exact) mass is 344 g/mol. The smallest absolute Gasteiger partial charge is 0.189 e. The molecule has 1 fully saturated rings. The van der Waals surface area contributed by atoms with E-state index in [1.807, 2.05) is 36.4 Å². The molecule has 0 saturated carbocycles. The summed E-state index contributed by atoms with van der Waals surface area (Å²) in [7, 11) is 0. The molecule has 0 atom stereocenters. The maximum atomic E-state index is 12.6. The van der Waals surface area contributed by atoms with E-state index in [-0.39, 0.29) is 5.78 Å². The Morgan fingerprint density at radius 1 is 0.739 bits per heavy atom. The van der Waals surface area contributed by atoms with Gasteiger partial charge in [0.25, 0.3) is 0 Å². The Balaban J connectivity index is 1.86. The van der Waals surface area contributed by atoms with Crippen LogP contribution in [0.4, 0.5) is 0 Å². The van der Waals surface area contributed by atoms with Gasteiger partial charge in [-0.1, -0.05) is 47.5 Å². The van der Waals surface area contributed by atoms with Gasteiger partial charge < -0.3 is 4.74 Å². The number of halogens is 2. The maximum absolute atomic E-state index is 12.6. The topological polar surface area (TPSA) is 26.3 Å². The first-order valence-corrected chi connectivity index (χ1v) is 7.92. The quantitative estimate of drug-likeness (QED) is 0.711. The van der Waals surface area contributed by atoms with Crippen LogP contribution in [0.15, 0.2) is 59.7 Å². The van der Waals surface area contributed by atoms with E-state index in [0.717, 1.165) is 11.1 Å². The van der Waals surface area contributed by atoms with Gasteiger partial charge in [-0.15, -0.1) is 0 Å². The van der Waals surface area contributed by atoms with E-state index in [9.17, 15) is 4.79 Å². The third-order valence-electron chi connectivity index (χ3n) is 3.52. The SMILES string of the molecule is O=C1/C(=C\c2ccc(Cl)cc2)COC/C1=C/c1ccc(Cl)cc1. The fourth-order valence-electron chi connectivity index (χ4n) is 2.34. The molecule has 4 heteroatoms. The highest BCUT2D eigenvalue weighted by atomic mass is 35.5. The average molecular weight is 345 g/mol. The summed E-state index contributed by atoms with van der Waals surface area (Å²) in [4.78, 5) is 12.6. The maximum Gasteiger partial charge on any atom is 0.189 e. The molecule has 1 heterocycles. The Bertz CT molecular complexity index is 707. The number of carbonyl (C=O) groups is 1. The number of Topliss-reactive ketones (excluding diaryl/α,β-unsaturated/α-hetero) is 1. The van der Waals surface area contributed by atoms with Gasteiger partial charge in [-0.2, -0.15) is 0 Å². The number of carbonyl (C=O) groups excluding carboxylic acids is 1. The second-order valence-electron chi connectivity index (χ2n) is 5.26. The first kappa shape index (κ1) is 16.0. The van der Waals surface area contributed by atoms with Crippen molar-refractivity contribution in [3.63, 3.8) is 0 Å². The molecule has 0 aliphatic carbocycles. The Morgan fingerprint density at radius 2 is 1.13 bits per heavy atom. The molecule has 1 aliphatic heterocycles. The fourth-order valence-corrected chi connectivity index (χ4v) is 2.60. The molecule has 1 saturated heterocycles. The standard InChI is InChI=1S/C19H14Cl2O2/c20-17-5-1-13(2-6-17)9-15-11-23-12-16(19(15)22)10-14-3-7-18(21)8-4-14/h1-10H,11-12H2/b15-9-,16-10-. The van der Waals surface area contributed by atoms with Crippen LogP contribution in [0.5, 0.6) is 0 Å². The summed E-state index contributed by atoms with van der Waals surface area (Å²) < 4.78 is 5.55. The average Bonchev–Trinajstić information content (AvgIpc) is 2.55. The minimum absolute atomic E-state index is 0.0150. The van der Waals surface area contributed by atoms with E-state index < -0.39 is 0 Å². The van der Waals surface area contributed by atoms with Crippen molar-refractivity contribution in [1.82, 2.24) is 0 Å². The molecule has 0 N–H and O–H groups in total. The lowest BCUT2D eigenvalue weighted by molar-refractivity contribution is -0.114. The Morgan fingerprint density at radius 3 is 1.52 bits per heavy atom. The number of ether oxygens (including phenoxy) is 1. The summed E-state index contributed by atoms with van der Waals surface area (Å²) in [5.41, 5.74) is 3.13. The minimum Gasteiger partial charge on any atom is -0.372 e. The van der Waals surface area contributed by atoms with E-state index >= 15 is 0 Å². The van der Waals surface area contributed by atoms with Crippen molar-refractivity contribution in [3.05, 3.63) is 80.8 Å². The predicted octanol–water partition coefficient (Wildman–Crippen LogP) is 5.06. The fraction of sp³-hybridized carbons (Fsp3) is 0.105. The van der Waals surface area contributed by atoms with Crippen molar-refractivity contribution < 1.29 is 9.53 Å². The van der Waals surface area contributed by atoms with E-state index in [0.29, 0.717) is 34.4 Å². The summed E-state index contributed by atoms with van der Waals surface area (Å²) in [5.74, 6) is 0.0150. The van der Waals surface area contributed by atoms with Crippen molar-refractivity contribution in [2.45, 2.75) is 0 Å². The molecule has 0 bridgehead atoms. The van der Waals surface area contributed by atoms with Crippen molar-refractivity contribution in [3.8, 4) is 0 Å². The van der Waals surface area contributed by atoms with Crippen LogP contribution in [-0.2, 0) is 9.53 Å². The van der Waals surface area contributed by atoms with Crippen molar-refractivity contribution in [2.75, 3.05) is 13.2 Å². The molecule has 2 aromatic rings. The summed E-state index contributed by atoms with van der Waals surface area (Å²) in [6.07, 6.45) is 3.68. The number of hydrogen-bond donors (Lipinski definition) is 0. The van der Waals surface area contributed by atoms with Crippen LogP contribution < -0.4 is 0 Å². The first-order chi connectivity index (χ1) is 11.1. The summed E-state index contributed by atoms with van der Waals surface area (Å²) in [6.45, 7) is 0.638. The largest absolute Gasteiger partial charge is 0.372 e. The minimum atomic E-state index is 0.0150. The molecule has 0 aromatic heterocycles. The molecule has 0 amide bonds.